The van der Waals surface area contributed by atoms with E-state index in [0.29, 0.717) is 19.4 Å². The van der Waals surface area contributed by atoms with Crippen LogP contribution in [0.25, 0.3) is 21.8 Å². The predicted octanol–water partition coefficient (Wildman–Crippen LogP) is -3.04. The molecule has 2 heterocycles. The Labute approximate surface area is 411 Å². The van der Waals surface area contributed by atoms with Crippen LogP contribution in [0, 0.1) is 0 Å². The summed E-state index contributed by atoms with van der Waals surface area (Å²) in [5, 5.41) is 15.4. The van der Waals surface area contributed by atoms with Crippen LogP contribution in [0.4, 0.5) is 0 Å². The van der Waals surface area contributed by atoms with Gasteiger partial charge in [0, 0.05) is 60.3 Å². The Hall–Kier alpha value is -7.93. The molecule has 386 valence electrons. The lowest BCUT2D eigenvalue weighted by Gasteiger charge is -2.27. The maximum absolute atomic E-state index is 14.5. The van der Waals surface area contributed by atoms with Gasteiger partial charge in [0.15, 0.2) is 17.9 Å². The zero-order valence-electron chi connectivity index (χ0n) is 39.8. The number of H-pyrrole nitrogens is 2. The highest BCUT2D eigenvalue weighted by Gasteiger charge is 2.33. The first-order valence-electron chi connectivity index (χ1n) is 23.5. The molecule has 4 rings (SSSR count). The zero-order valence-corrected chi connectivity index (χ0v) is 39.8. The van der Waals surface area contributed by atoms with Crippen molar-refractivity contribution < 1.29 is 28.8 Å². The molecule has 0 aliphatic heterocycles. The summed E-state index contributed by atoms with van der Waals surface area (Å²) >= 11 is 0. The van der Waals surface area contributed by atoms with E-state index in [1.54, 1.807) is 12.4 Å². The highest BCUT2D eigenvalue weighted by molar-refractivity contribution is 5.97. The second kappa shape index (κ2) is 28.5. The lowest BCUT2D eigenvalue weighted by atomic mass is 10.0. The first-order chi connectivity index (χ1) is 34.0. The molecule has 71 heavy (non-hydrogen) atoms. The van der Waals surface area contributed by atoms with E-state index in [1.165, 1.54) is 0 Å². The van der Waals surface area contributed by atoms with Gasteiger partial charge >= 0.3 is 0 Å². The summed E-state index contributed by atoms with van der Waals surface area (Å²) in [4.78, 5) is 101. The van der Waals surface area contributed by atoms with E-state index in [2.05, 4.69) is 51.5 Å². The van der Waals surface area contributed by atoms with Crippen LogP contribution in [0.15, 0.2) is 75.9 Å². The maximum atomic E-state index is 14.5. The molecule has 2 aromatic carbocycles. The largest absolute Gasteiger partial charge is 0.370 e. The lowest BCUT2D eigenvalue weighted by Crippen LogP contribution is -2.59. The SMILES string of the molecule is NCCCC[C@H](NC(=O)[C@H](Cc1c[nH]c2ccccc12)NC(=O)[C@@H](N)Cc1c[nH]c2ccccc12)C(=O)N[C@@H](CCCN=C(N)N)C(=O)N[C@@H](CCCN=C(N)N)C(=O)N[C@@H](CCCN=C(N)N)C(N)=O. The molecule has 0 fully saturated rings. The minimum Gasteiger partial charge on any atom is -0.370 e. The number of benzene rings is 2. The number of carbonyl (C=O) groups is 6. The van der Waals surface area contributed by atoms with Crippen LogP contribution in [0.5, 0.6) is 0 Å². The summed E-state index contributed by atoms with van der Waals surface area (Å²) in [6.45, 7) is 0.639. The number of nitrogens with two attached hydrogens (primary N) is 9. The van der Waals surface area contributed by atoms with Crippen molar-refractivity contribution in [2.45, 2.75) is 107 Å². The third-order valence-corrected chi connectivity index (χ3v) is 11.5. The number of aliphatic imine (C=N–C) groups is 3. The molecular formula is C46H71N19O6. The molecule has 25 nitrogen and oxygen atoms in total. The monoisotopic (exact) mass is 986 g/mol. The van der Waals surface area contributed by atoms with Crippen molar-refractivity contribution in [3.8, 4) is 0 Å². The van der Waals surface area contributed by atoms with E-state index in [9.17, 15) is 28.8 Å². The summed E-state index contributed by atoms with van der Waals surface area (Å²) in [5.41, 5.74) is 54.1. The number of hydrogen-bond donors (Lipinski definition) is 16. The Morgan fingerprint density at radius 3 is 1.25 bits per heavy atom. The highest BCUT2D eigenvalue weighted by Crippen LogP contribution is 2.21. The molecular weight excluding hydrogens is 915 g/mol. The van der Waals surface area contributed by atoms with Crippen LogP contribution in [0.1, 0.15) is 68.9 Å². The summed E-state index contributed by atoms with van der Waals surface area (Å²) in [7, 11) is 0. The Morgan fingerprint density at radius 2 is 0.831 bits per heavy atom. The van der Waals surface area contributed by atoms with Crippen molar-refractivity contribution in [2.75, 3.05) is 26.2 Å². The first kappa shape index (κ1) is 55.7. The Kier molecular flexibility index (Phi) is 22.4. The molecule has 25 N–H and O–H groups in total. The van der Waals surface area contributed by atoms with Gasteiger partial charge in [-0.1, -0.05) is 36.4 Å². The lowest BCUT2D eigenvalue weighted by molar-refractivity contribution is -0.135. The normalized spacial score (nSPS) is 13.6. The van der Waals surface area contributed by atoms with Crippen molar-refractivity contribution in [1.82, 2.24) is 36.6 Å². The fourth-order valence-electron chi connectivity index (χ4n) is 7.82. The van der Waals surface area contributed by atoms with Gasteiger partial charge in [0.05, 0.1) is 6.04 Å². The summed E-state index contributed by atoms with van der Waals surface area (Å²) < 4.78 is 0. The number of guanidine groups is 3. The average molecular weight is 986 g/mol. The van der Waals surface area contributed by atoms with Crippen molar-refractivity contribution in [3.63, 3.8) is 0 Å². The van der Waals surface area contributed by atoms with Gasteiger partial charge in [-0.05, 0) is 94.0 Å². The smallest absolute Gasteiger partial charge is 0.243 e. The minimum absolute atomic E-state index is 0.00471. The molecule has 2 aromatic heterocycles. The van der Waals surface area contributed by atoms with Gasteiger partial charge in [0.1, 0.15) is 30.2 Å². The molecule has 0 saturated carbocycles. The van der Waals surface area contributed by atoms with Crippen LogP contribution in [-0.4, -0.2) is 126 Å². The quantitative estimate of drug-likeness (QED) is 0.0136. The Bertz CT molecular complexity index is 2490. The third kappa shape index (κ3) is 18.5. The summed E-state index contributed by atoms with van der Waals surface area (Å²) in [6, 6.07) is 7.84. The second-order valence-electron chi connectivity index (χ2n) is 17.1. The zero-order chi connectivity index (χ0) is 51.9. The molecule has 0 radical (unpaired) electrons. The molecule has 0 saturated heterocycles. The van der Waals surface area contributed by atoms with Crippen molar-refractivity contribution in [1.29, 1.82) is 0 Å². The molecule has 0 bridgehead atoms. The number of nitrogens with zero attached hydrogens (tertiary/aromatic N) is 3. The second-order valence-corrected chi connectivity index (χ2v) is 17.1. The van der Waals surface area contributed by atoms with Crippen LogP contribution < -0.4 is 78.2 Å². The van der Waals surface area contributed by atoms with Gasteiger partial charge in [-0.3, -0.25) is 43.7 Å². The van der Waals surface area contributed by atoms with Gasteiger partial charge in [-0.15, -0.1) is 0 Å². The Morgan fingerprint density at radius 1 is 0.465 bits per heavy atom. The number of nitrogens with one attached hydrogen (secondary N) is 7. The number of aromatic amines is 2. The highest BCUT2D eigenvalue weighted by atomic mass is 16.2. The van der Waals surface area contributed by atoms with Gasteiger partial charge < -0.3 is 88.2 Å². The number of hydrogen-bond acceptors (Lipinski definition) is 11. The number of amides is 6. The van der Waals surface area contributed by atoms with E-state index in [0.717, 1.165) is 32.9 Å². The molecule has 0 aliphatic rings. The van der Waals surface area contributed by atoms with E-state index in [-0.39, 0.29) is 95.3 Å². The standard InChI is InChI=1S/C46H71N19O6/c47-18-6-5-14-34(64-43(71)37(23-27-25-60-32-13-4-2-11-29(27)32)65-39(67)30(48)22-26-24-59-31-12-3-1-10-28(26)31)41(69)63-36(17-9-21-58-46(54)55)42(70)62-35(16-8-20-57-45(52)53)40(68)61-33(38(49)66)15-7-19-56-44(50)51/h1-4,10-13,24-25,30,33-37,59-60H,5-9,14-23,47-48H2,(H2,49,66)(H,61,68)(H,62,70)(H,63,69)(H,64,71)(H,65,67)(H4,50,51,56)(H4,52,53,57)(H4,54,55,58)/t30-,33-,34-,35-,36-,37-/m0/s1. The summed E-state index contributed by atoms with van der Waals surface area (Å²) in [5.74, 6) is -4.92. The van der Waals surface area contributed by atoms with Crippen LogP contribution >= 0.6 is 0 Å². The molecule has 25 heteroatoms. The van der Waals surface area contributed by atoms with Gasteiger partial charge in [-0.25, -0.2) is 0 Å². The molecule has 0 spiro atoms. The Balaban J connectivity index is 1.60. The van der Waals surface area contributed by atoms with Crippen LogP contribution in [-0.2, 0) is 41.6 Å². The number of aromatic nitrogens is 2. The molecule has 6 amide bonds. The number of carbonyl (C=O) groups excluding carboxylic acids is 6. The number of unbranched alkanes of at least 4 members (excludes halogenated alkanes) is 1. The van der Waals surface area contributed by atoms with Crippen molar-refractivity contribution in [3.05, 3.63) is 72.1 Å². The predicted molar refractivity (Wildman–Crippen MR) is 273 cm³/mol. The van der Waals surface area contributed by atoms with Gasteiger partial charge in [-0.2, -0.15) is 0 Å². The van der Waals surface area contributed by atoms with Crippen LogP contribution in [0.2, 0.25) is 0 Å². The number of rotatable bonds is 31. The first-order valence-corrected chi connectivity index (χ1v) is 23.5. The van der Waals surface area contributed by atoms with E-state index < -0.39 is 71.7 Å². The van der Waals surface area contributed by atoms with E-state index in [4.69, 9.17) is 51.6 Å². The van der Waals surface area contributed by atoms with E-state index >= 15 is 0 Å². The number of para-hydroxylation sites is 2. The average Bonchev–Trinajstić information content (AvgIpc) is 3.94. The topological polar surface area (TPSA) is 465 Å². The van der Waals surface area contributed by atoms with E-state index in [1.807, 2.05) is 48.5 Å². The van der Waals surface area contributed by atoms with Gasteiger partial charge in [0.2, 0.25) is 35.4 Å². The fourth-order valence-corrected chi connectivity index (χ4v) is 7.82. The maximum Gasteiger partial charge on any atom is 0.243 e. The van der Waals surface area contributed by atoms with Gasteiger partial charge in [0.25, 0.3) is 0 Å². The van der Waals surface area contributed by atoms with Crippen LogP contribution in [0.3, 0.4) is 0 Å². The fraction of sp³-hybridized carbons (Fsp3) is 0.457. The summed E-state index contributed by atoms with van der Waals surface area (Å²) in [6.07, 6.45) is 5.46. The molecule has 0 aliphatic carbocycles. The minimum atomic E-state index is -1.31. The number of fused-ring (bicyclic) bond motifs is 2. The van der Waals surface area contributed by atoms with Crippen molar-refractivity contribution in [2.24, 2.45) is 66.6 Å². The molecule has 0 unspecified atom stereocenters. The molecule has 6 atom stereocenters. The van der Waals surface area contributed by atoms with Crippen molar-refractivity contribution >= 4 is 75.1 Å². The third-order valence-electron chi connectivity index (χ3n) is 11.5. The molecule has 4 aromatic rings. The number of primary amides is 1.